The number of alkyl halides is 3. The molecular weight excluding hydrogens is 345 g/mol. The molecule has 0 atom stereocenters. The number of nitrogens with one attached hydrogen (secondary N) is 1. The largest absolute Gasteiger partial charge is 0.416 e. The molecule has 138 valence electrons. The van der Waals surface area contributed by atoms with Crippen LogP contribution in [0.25, 0.3) is 0 Å². The molecule has 1 aromatic carbocycles. The van der Waals surface area contributed by atoms with Crippen LogP contribution in [0, 0.1) is 5.92 Å². The lowest BCUT2D eigenvalue weighted by Gasteiger charge is -2.30. The number of piperidine rings is 1. The molecule has 5 nitrogen and oxygen atoms in total. The topological polar surface area (TPSA) is 58.1 Å². The van der Waals surface area contributed by atoms with Crippen molar-refractivity contribution in [3.63, 3.8) is 0 Å². The molecule has 1 aromatic heterocycles. The van der Waals surface area contributed by atoms with Gasteiger partial charge in [0.05, 0.1) is 23.6 Å². The SMILES string of the molecule is CC1CCN(c2ncc(NC(=O)c3ccc(C(F)(F)F)cc3)cn2)CC1. The average molecular weight is 364 g/mol. The van der Waals surface area contributed by atoms with Crippen LogP contribution in [0.3, 0.4) is 0 Å². The molecule has 1 aliphatic heterocycles. The summed E-state index contributed by atoms with van der Waals surface area (Å²) < 4.78 is 37.7. The van der Waals surface area contributed by atoms with Crippen molar-refractivity contribution in [2.75, 3.05) is 23.3 Å². The summed E-state index contributed by atoms with van der Waals surface area (Å²) in [7, 11) is 0. The molecule has 0 radical (unpaired) electrons. The number of halogens is 3. The molecule has 26 heavy (non-hydrogen) atoms. The Kier molecular flexibility index (Phi) is 5.11. The zero-order chi connectivity index (χ0) is 18.7. The molecule has 0 saturated carbocycles. The van der Waals surface area contributed by atoms with Gasteiger partial charge in [-0.05, 0) is 43.0 Å². The lowest BCUT2D eigenvalue weighted by atomic mass is 10.00. The van der Waals surface area contributed by atoms with Crippen molar-refractivity contribution in [2.45, 2.75) is 25.9 Å². The van der Waals surface area contributed by atoms with E-state index in [1.807, 2.05) is 0 Å². The van der Waals surface area contributed by atoms with Crippen molar-refractivity contribution in [3.05, 3.63) is 47.8 Å². The van der Waals surface area contributed by atoms with E-state index in [1.165, 1.54) is 12.4 Å². The van der Waals surface area contributed by atoms with Crippen molar-refractivity contribution in [1.82, 2.24) is 9.97 Å². The minimum absolute atomic E-state index is 0.132. The molecule has 2 heterocycles. The van der Waals surface area contributed by atoms with Crippen LogP contribution >= 0.6 is 0 Å². The second-order valence-corrected chi connectivity index (χ2v) is 6.47. The van der Waals surface area contributed by atoms with E-state index in [0.717, 1.165) is 50.2 Å². The van der Waals surface area contributed by atoms with Crippen molar-refractivity contribution in [3.8, 4) is 0 Å². The molecule has 0 bridgehead atoms. The van der Waals surface area contributed by atoms with E-state index in [0.29, 0.717) is 17.6 Å². The van der Waals surface area contributed by atoms with Gasteiger partial charge < -0.3 is 10.2 Å². The summed E-state index contributed by atoms with van der Waals surface area (Å²) in [4.78, 5) is 22.8. The number of rotatable bonds is 3. The number of hydrogen-bond donors (Lipinski definition) is 1. The van der Waals surface area contributed by atoms with Crippen LogP contribution in [0.2, 0.25) is 0 Å². The van der Waals surface area contributed by atoms with Crippen LogP contribution in [0.15, 0.2) is 36.7 Å². The number of aromatic nitrogens is 2. The fourth-order valence-electron chi connectivity index (χ4n) is 2.77. The Morgan fingerprint density at radius 3 is 2.23 bits per heavy atom. The molecule has 0 aliphatic carbocycles. The Morgan fingerprint density at radius 2 is 1.69 bits per heavy atom. The van der Waals surface area contributed by atoms with Gasteiger partial charge in [-0.3, -0.25) is 4.79 Å². The highest BCUT2D eigenvalue weighted by Crippen LogP contribution is 2.29. The zero-order valence-electron chi connectivity index (χ0n) is 14.3. The van der Waals surface area contributed by atoms with E-state index in [4.69, 9.17) is 0 Å². The number of anilines is 2. The van der Waals surface area contributed by atoms with Gasteiger partial charge in [-0.25, -0.2) is 9.97 Å². The Balaban J connectivity index is 1.62. The van der Waals surface area contributed by atoms with Crippen LogP contribution in [0.5, 0.6) is 0 Å². The van der Waals surface area contributed by atoms with E-state index in [2.05, 4.69) is 27.1 Å². The first-order valence-corrected chi connectivity index (χ1v) is 8.38. The van der Waals surface area contributed by atoms with Crippen LogP contribution in [-0.2, 0) is 6.18 Å². The maximum absolute atomic E-state index is 12.6. The van der Waals surface area contributed by atoms with E-state index in [9.17, 15) is 18.0 Å². The van der Waals surface area contributed by atoms with E-state index in [-0.39, 0.29) is 5.56 Å². The van der Waals surface area contributed by atoms with Crippen LogP contribution in [0.1, 0.15) is 35.7 Å². The summed E-state index contributed by atoms with van der Waals surface area (Å²) in [6.45, 7) is 4.02. The first-order valence-electron chi connectivity index (χ1n) is 8.38. The molecule has 3 rings (SSSR count). The van der Waals surface area contributed by atoms with Gasteiger partial charge >= 0.3 is 6.18 Å². The van der Waals surface area contributed by atoms with E-state index in [1.54, 1.807) is 0 Å². The maximum atomic E-state index is 12.6. The predicted octanol–water partition coefficient (Wildman–Crippen LogP) is 3.98. The lowest BCUT2D eigenvalue weighted by molar-refractivity contribution is -0.137. The fraction of sp³-hybridized carbons (Fsp3) is 0.389. The smallest absolute Gasteiger partial charge is 0.341 e. The summed E-state index contributed by atoms with van der Waals surface area (Å²) >= 11 is 0. The average Bonchev–Trinajstić information content (AvgIpc) is 2.62. The van der Waals surface area contributed by atoms with Crippen LogP contribution in [-0.4, -0.2) is 29.0 Å². The number of carbonyl (C=O) groups is 1. The van der Waals surface area contributed by atoms with Crippen molar-refractivity contribution in [1.29, 1.82) is 0 Å². The van der Waals surface area contributed by atoms with Gasteiger partial charge in [-0.2, -0.15) is 13.2 Å². The molecule has 1 fully saturated rings. The minimum Gasteiger partial charge on any atom is -0.341 e. The summed E-state index contributed by atoms with van der Waals surface area (Å²) in [5.41, 5.74) is -0.270. The molecule has 8 heteroatoms. The van der Waals surface area contributed by atoms with Crippen molar-refractivity contribution >= 4 is 17.5 Å². The molecule has 1 saturated heterocycles. The Bertz CT molecular complexity index is 752. The molecular formula is C18H19F3N4O. The molecule has 0 spiro atoms. The van der Waals surface area contributed by atoms with Gasteiger partial charge in [0.2, 0.25) is 5.95 Å². The quantitative estimate of drug-likeness (QED) is 0.895. The Hall–Kier alpha value is -2.64. The monoisotopic (exact) mass is 364 g/mol. The number of carbonyl (C=O) groups excluding carboxylic acids is 1. The number of hydrogen-bond acceptors (Lipinski definition) is 4. The zero-order valence-corrected chi connectivity index (χ0v) is 14.3. The van der Waals surface area contributed by atoms with Gasteiger partial charge in [-0.15, -0.1) is 0 Å². The van der Waals surface area contributed by atoms with E-state index >= 15 is 0 Å². The van der Waals surface area contributed by atoms with Crippen molar-refractivity contribution in [2.24, 2.45) is 5.92 Å². The Labute approximate surface area is 149 Å². The van der Waals surface area contributed by atoms with Gasteiger partial charge in [0.25, 0.3) is 5.91 Å². The highest BCUT2D eigenvalue weighted by molar-refractivity contribution is 6.04. The van der Waals surface area contributed by atoms with E-state index < -0.39 is 17.6 Å². The van der Waals surface area contributed by atoms with Crippen LogP contribution < -0.4 is 10.2 Å². The first kappa shape index (κ1) is 18.2. The minimum atomic E-state index is -4.43. The lowest BCUT2D eigenvalue weighted by Crippen LogP contribution is -2.34. The summed E-state index contributed by atoms with van der Waals surface area (Å²) in [5.74, 6) is 0.805. The number of nitrogens with zero attached hydrogens (tertiary/aromatic N) is 3. The summed E-state index contributed by atoms with van der Waals surface area (Å²) in [6, 6.07) is 4.04. The molecule has 1 aliphatic rings. The van der Waals surface area contributed by atoms with Gasteiger partial charge in [-0.1, -0.05) is 6.92 Å². The molecule has 2 aromatic rings. The van der Waals surface area contributed by atoms with Crippen LogP contribution in [0.4, 0.5) is 24.8 Å². The third-order valence-electron chi connectivity index (χ3n) is 4.44. The number of amides is 1. The van der Waals surface area contributed by atoms with Gasteiger partial charge in [0.1, 0.15) is 0 Å². The van der Waals surface area contributed by atoms with Crippen molar-refractivity contribution < 1.29 is 18.0 Å². The first-order chi connectivity index (χ1) is 12.3. The fourth-order valence-corrected chi connectivity index (χ4v) is 2.77. The normalized spacial score (nSPS) is 15.8. The second-order valence-electron chi connectivity index (χ2n) is 6.47. The maximum Gasteiger partial charge on any atom is 0.416 e. The molecule has 1 N–H and O–H groups in total. The highest BCUT2D eigenvalue weighted by Gasteiger charge is 2.30. The molecule has 1 amide bonds. The highest BCUT2D eigenvalue weighted by atomic mass is 19.4. The third-order valence-corrected chi connectivity index (χ3v) is 4.44. The summed E-state index contributed by atoms with van der Waals surface area (Å²) in [6.07, 6.45) is 0.765. The second kappa shape index (κ2) is 7.31. The van der Waals surface area contributed by atoms with Gasteiger partial charge in [0.15, 0.2) is 0 Å². The Morgan fingerprint density at radius 1 is 1.12 bits per heavy atom. The molecule has 0 unspecified atom stereocenters. The predicted molar refractivity (Wildman–Crippen MR) is 92.0 cm³/mol. The third kappa shape index (κ3) is 4.30. The summed E-state index contributed by atoms with van der Waals surface area (Å²) in [5, 5.41) is 2.59. The van der Waals surface area contributed by atoms with Gasteiger partial charge in [0, 0.05) is 18.7 Å². The number of benzene rings is 1. The standard InChI is InChI=1S/C18H19F3N4O/c1-12-6-8-25(9-7-12)17-22-10-15(11-23-17)24-16(26)13-2-4-14(5-3-13)18(19,20)21/h2-5,10-12H,6-9H2,1H3,(H,24,26).